The number of hydrogen-bond acceptors (Lipinski definition) is 5. The Morgan fingerprint density at radius 2 is 1.57 bits per heavy atom. The number of nitrogens with zero attached hydrogens (tertiary/aromatic N) is 2. The number of aryl methyl sites for hydroxylation is 1. The number of halogens is 3. The Bertz CT molecular complexity index is 1980. The lowest BCUT2D eigenvalue weighted by molar-refractivity contribution is 0.340. The Morgan fingerprint density at radius 1 is 0.848 bits per heavy atom. The Labute approximate surface area is 272 Å². The molecule has 0 amide bonds. The van der Waals surface area contributed by atoms with E-state index in [0.29, 0.717) is 39.8 Å². The minimum absolute atomic E-state index is 0.125. The summed E-state index contributed by atoms with van der Waals surface area (Å²) < 4.78 is 68.8. The number of benzene rings is 4. The van der Waals surface area contributed by atoms with Gasteiger partial charge in [0.25, 0.3) is 5.56 Å². The van der Waals surface area contributed by atoms with Crippen molar-refractivity contribution in [1.82, 2.24) is 8.87 Å². The van der Waals surface area contributed by atoms with Crippen LogP contribution in [0.15, 0.2) is 108 Å². The predicted molar refractivity (Wildman–Crippen MR) is 175 cm³/mol. The molecule has 0 spiro atoms. The molecular formula is C35H31ClF2N2O5S. The van der Waals surface area contributed by atoms with Crippen LogP contribution in [0.4, 0.5) is 8.78 Å². The second-order valence-corrected chi connectivity index (χ2v) is 11.8. The van der Waals surface area contributed by atoms with Crippen LogP contribution in [0, 0.1) is 11.6 Å². The molecular weight excluding hydrogens is 634 g/mol. The Balaban J connectivity index is 1.69. The first kappa shape index (κ1) is 32.9. The van der Waals surface area contributed by atoms with Gasteiger partial charge in [-0.05, 0) is 60.4 Å². The molecule has 238 valence electrons. The quantitative estimate of drug-likeness (QED) is 0.141. The van der Waals surface area contributed by atoms with Gasteiger partial charge in [0.15, 0.2) is 11.6 Å². The number of ether oxygens (including phenoxy) is 2. The van der Waals surface area contributed by atoms with Gasteiger partial charge >= 0.3 is 0 Å². The van der Waals surface area contributed by atoms with Gasteiger partial charge in [0, 0.05) is 48.1 Å². The summed E-state index contributed by atoms with van der Waals surface area (Å²) in [7, 11) is -1.51. The highest BCUT2D eigenvalue weighted by Gasteiger charge is 2.27. The van der Waals surface area contributed by atoms with Gasteiger partial charge in [0.1, 0.15) is 17.3 Å². The summed E-state index contributed by atoms with van der Waals surface area (Å²) >= 11 is 6.39. The maximum absolute atomic E-state index is 14.7. The van der Waals surface area contributed by atoms with Crippen molar-refractivity contribution in [2.45, 2.75) is 19.4 Å². The highest BCUT2D eigenvalue weighted by atomic mass is 35.5. The molecule has 0 bridgehead atoms. The Hall–Kier alpha value is -4.51. The molecule has 0 saturated heterocycles. The number of aromatic nitrogens is 1. The fourth-order valence-corrected chi connectivity index (χ4v) is 6.15. The largest absolute Gasteiger partial charge is 0.493 e. The van der Waals surface area contributed by atoms with Gasteiger partial charge in [-0.15, -0.1) is 0 Å². The van der Waals surface area contributed by atoms with E-state index in [1.807, 2.05) is 48.5 Å². The van der Waals surface area contributed by atoms with Crippen molar-refractivity contribution in [2.75, 3.05) is 13.2 Å². The maximum atomic E-state index is 14.7. The second kappa shape index (κ2) is 14.7. The first-order valence-corrected chi connectivity index (χ1v) is 16.0. The predicted octanol–water partition coefficient (Wildman–Crippen LogP) is 7.34. The van der Waals surface area contributed by atoms with Gasteiger partial charge in [-0.2, -0.15) is 4.31 Å². The fraction of sp³-hybridized carbons (Fsp3) is 0.171. The van der Waals surface area contributed by atoms with Crippen LogP contribution in [0.1, 0.15) is 29.7 Å². The summed E-state index contributed by atoms with van der Waals surface area (Å²) in [5.74, 6) is -1.45. The van der Waals surface area contributed by atoms with E-state index in [9.17, 15) is 22.0 Å². The lowest BCUT2D eigenvalue weighted by Crippen LogP contribution is -2.30. The molecule has 5 rings (SSSR count). The molecule has 5 aromatic rings. The highest BCUT2D eigenvalue weighted by molar-refractivity contribution is 7.69. The molecule has 0 N–H and O–H groups in total. The first-order valence-electron chi connectivity index (χ1n) is 14.5. The van der Waals surface area contributed by atoms with Crippen LogP contribution in [0.25, 0.3) is 11.1 Å². The third-order valence-electron chi connectivity index (χ3n) is 7.40. The molecule has 0 radical (unpaired) electrons. The van der Waals surface area contributed by atoms with Gasteiger partial charge in [-0.25, -0.2) is 17.2 Å². The molecule has 1 heterocycles. The van der Waals surface area contributed by atoms with E-state index in [2.05, 4.69) is 0 Å². The summed E-state index contributed by atoms with van der Waals surface area (Å²) in [6.45, 7) is 2.15. The van der Waals surface area contributed by atoms with Gasteiger partial charge < -0.3 is 14.0 Å². The summed E-state index contributed by atoms with van der Waals surface area (Å²) in [4.78, 5) is 12.6. The van der Waals surface area contributed by atoms with Crippen LogP contribution in [0.5, 0.6) is 17.2 Å². The first-order chi connectivity index (χ1) is 22.2. The van der Waals surface area contributed by atoms with Crippen LogP contribution < -0.4 is 15.0 Å². The SMILES string of the molecule is CCOc1cc(=O)n(C)cc1-c1cc(C(c2ccccc2)N(CCc2ccccc2Cl)[SH](=O)=O)ccc1Oc1ccc(F)cc1F. The number of pyridine rings is 1. The number of hydrogen-bond donors (Lipinski definition) is 1. The molecule has 0 saturated carbocycles. The molecule has 1 unspecified atom stereocenters. The minimum Gasteiger partial charge on any atom is -0.493 e. The summed E-state index contributed by atoms with van der Waals surface area (Å²) in [5, 5.41) is 0.537. The minimum atomic E-state index is -3.09. The molecule has 46 heavy (non-hydrogen) atoms. The van der Waals surface area contributed by atoms with E-state index in [-0.39, 0.29) is 36.0 Å². The van der Waals surface area contributed by atoms with Gasteiger partial charge in [0.2, 0.25) is 10.9 Å². The van der Waals surface area contributed by atoms with E-state index in [1.54, 1.807) is 44.4 Å². The Morgan fingerprint density at radius 3 is 2.26 bits per heavy atom. The second-order valence-electron chi connectivity index (χ2n) is 10.4. The van der Waals surface area contributed by atoms with Crippen molar-refractivity contribution in [2.24, 2.45) is 7.05 Å². The van der Waals surface area contributed by atoms with Crippen molar-refractivity contribution < 1.29 is 26.7 Å². The third kappa shape index (κ3) is 7.47. The van der Waals surface area contributed by atoms with E-state index in [1.165, 1.54) is 21.0 Å². The molecule has 0 aliphatic rings. The van der Waals surface area contributed by atoms with Crippen molar-refractivity contribution >= 4 is 22.5 Å². The number of thiol groups is 1. The standard InChI is InChI=1S/C35H31ClF2N2O5S/c1-3-44-33-21-34(41)39(2)22-28(33)27-19-25(13-15-31(27)45-32-16-14-26(37)20-30(32)38)35(24-10-5-4-6-11-24)40(46(42)43)18-17-23-9-7-8-12-29(23)36/h4-16,19-22,35,46H,3,17-18H2,1-2H3. The maximum Gasteiger partial charge on any atom is 0.254 e. The number of rotatable bonds is 12. The van der Waals surface area contributed by atoms with Crippen LogP contribution in [-0.2, 0) is 24.4 Å². The third-order valence-corrected chi connectivity index (χ3v) is 8.62. The molecule has 0 fully saturated rings. The van der Waals surface area contributed by atoms with Crippen molar-refractivity contribution in [3.8, 4) is 28.4 Å². The molecule has 0 aliphatic carbocycles. The van der Waals surface area contributed by atoms with E-state index in [4.69, 9.17) is 21.1 Å². The molecule has 4 aromatic carbocycles. The average molecular weight is 665 g/mol. The molecule has 7 nitrogen and oxygen atoms in total. The molecule has 11 heteroatoms. The lowest BCUT2D eigenvalue weighted by atomic mass is 9.94. The van der Waals surface area contributed by atoms with Gasteiger partial charge in [-0.1, -0.05) is 66.2 Å². The van der Waals surface area contributed by atoms with Crippen LogP contribution in [0.2, 0.25) is 5.02 Å². The average Bonchev–Trinajstić information content (AvgIpc) is 3.03. The fourth-order valence-electron chi connectivity index (χ4n) is 5.20. The summed E-state index contributed by atoms with van der Waals surface area (Å²) in [6.07, 6.45) is 1.93. The Kier molecular flexibility index (Phi) is 10.5. The van der Waals surface area contributed by atoms with Crippen LogP contribution >= 0.6 is 11.6 Å². The van der Waals surface area contributed by atoms with Gasteiger partial charge in [0.05, 0.1) is 12.6 Å². The van der Waals surface area contributed by atoms with Crippen molar-refractivity contribution in [1.29, 1.82) is 0 Å². The molecule has 0 aliphatic heterocycles. The zero-order valence-electron chi connectivity index (χ0n) is 25.0. The zero-order chi connectivity index (χ0) is 32.8. The smallest absolute Gasteiger partial charge is 0.254 e. The summed E-state index contributed by atoms with van der Waals surface area (Å²) in [6, 6.07) is 25.0. The normalized spacial score (nSPS) is 12.0. The van der Waals surface area contributed by atoms with E-state index >= 15 is 0 Å². The topological polar surface area (TPSA) is 77.8 Å². The molecule has 1 aromatic heterocycles. The van der Waals surface area contributed by atoms with E-state index < -0.39 is 28.6 Å². The van der Waals surface area contributed by atoms with Crippen LogP contribution in [-0.4, -0.2) is 30.4 Å². The zero-order valence-corrected chi connectivity index (χ0v) is 26.7. The monoisotopic (exact) mass is 664 g/mol. The van der Waals surface area contributed by atoms with E-state index in [0.717, 1.165) is 11.6 Å². The van der Waals surface area contributed by atoms with Gasteiger partial charge in [-0.3, -0.25) is 4.79 Å². The van der Waals surface area contributed by atoms with Crippen molar-refractivity contribution in [3.05, 3.63) is 147 Å². The highest BCUT2D eigenvalue weighted by Crippen LogP contribution is 2.42. The summed E-state index contributed by atoms with van der Waals surface area (Å²) in [5.41, 5.74) is 2.61. The lowest BCUT2D eigenvalue weighted by Gasteiger charge is -2.28. The van der Waals surface area contributed by atoms with Crippen molar-refractivity contribution in [3.63, 3.8) is 0 Å². The molecule has 1 atom stereocenters. The van der Waals surface area contributed by atoms with Crippen LogP contribution in [0.3, 0.4) is 0 Å².